The maximum Gasteiger partial charge on any atom is 0.285 e. The van der Waals surface area contributed by atoms with Crippen molar-refractivity contribution >= 4 is 23.4 Å². The van der Waals surface area contributed by atoms with Gasteiger partial charge in [-0.1, -0.05) is 0 Å². The second kappa shape index (κ2) is 6.37. The number of hydrogen-bond donors (Lipinski definition) is 1. The molecule has 0 unspecified atom stereocenters. The summed E-state index contributed by atoms with van der Waals surface area (Å²) in [5.74, 6) is 1.07. The van der Waals surface area contributed by atoms with Crippen LogP contribution in [0.15, 0.2) is 17.0 Å². The average molecular weight is 337 g/mol. The molecule has 0 aromatic heterocycles. The average Bonchev–Trinajstić information content (AvgIpc) is 3.14. The maximum atomic E-state index is 12.8. The Morgan fingerprint density at radius 1 is 1.39 bits per heavy atom. The fourth-order valence-electron chi connectivity index (χ4n) is 3.38. The quantitative estimate of drug-likeness (QED) is 0.510. The van der Waals surface area contributed by atoms with Crippen molar-refractivity contribution in [1.29, 1.82) is 0 Å². The summed E-state index contributed by atoms with van der Waals surface area (Å²) in [7, 11) is 1.47. The normalized spacial score (nSPS) is 23.0. The predicted molar refractivity (Wildman–Crippen MR) is 87.2 cm³/mol. The van der Waals surface area contributed by atoms with Gasteiger partial charge in [-0.25, -0.2) is 0 Å². The van der Waals surface area contributed by atoms with E-state index in [4.69, 9.17) is 4.74 Å². The van der Waals surface area contributed by atoms with Crippen LogP contribution >= 0.6 is 11.8 Å². The van der Waals surface area contributed by atoms with E-state index < -0.39 is 4.92 Å². The van der Waals surface area contributed by atoms with Crippen molar-refractivity contribution in [2.75, 3.05) is 39.5 Å². The van der Waals surface area contributed by atoms with E-state index in [1.54, 1.807) is 11.0 Å². The summed E-state index contributed by atoms with van der Waals surface area (Å²) in [5, 5.41) is 14.7. The van der Waals surface area contributed by atoms with Crippen LogP contribution in [0.1, 0.15) is 10.4 Å². The molecule has 124 valence electrons. The molecule has 3 rings (SSSR count). The highest BCUT2D eigenvalue weighted by atomic mass is 32.2. The molecule has 0 radical (unpaired) electrons. The fourth-order valence-corrected chi connectivity index (χ4v) is 3.96. The number of ether oxygens (including phenoxy) is 1. The molecule has 1 aromatic rings. The Morgan fingerprint density at radius 2 is 2.04 bits per heavy atom. The highest BCUT2D eigenvalue weighted by molar-refractivity contribution is 7.98. The molecular formula is C15H19N3O4S. The smallest absolute Gasteiger partial charge is 0.285 e. The molecule has 2 fully saturated rings. The Hall–Kier alpha value is -1.80. The van der Waals surface area contributed by atoms with Crippen LogP contribution in [0.2, 0.25) is 0 Å². The minimum absolute atomic E-state index is 0.146. The monoisotopic (exact) mass is 337 g/mol. The fraction of sp³-hybridized carbons (Fsp3) is 0.533. The lowest BCUT2D eigenvalue weighted by molar-refractivity contribution is -0.385. The van der Waals surface area contributed by atoms with Crippen LogP contribution < -0.4 is 10.1 Å². The van der Waals surface area contributed by atoms with Gasteiger partial charge in [-0.05, 0) is 24.2 Å². The van der Waals surface area contributed by atoms with Gasteiger partial charge >= 0.3 is 0 Å². The minimum Gasteiger partial charge on any atom is -0.495 e. The van der Waals surface area contributed by atoms with Gasteiger partial charge in [0.1, 0.15) is 11.3 Å². The van der Waals surface area contributed by atoms with E-state index in [0.717, 1.165) is 18.0 Å². The Balaban J connectivity index is 1.94. The highest BCUT2D eigenvalue weighted by Gasteiger charge is 2.39. The van der Waals surface area contributed by atoms with Gasteiger partial charge in [-0.3, -0.25) is 14.9 Å². The Kier molecular flexibility index (Phi) is 4.45. The van der Waals surface area contributed by atoms with Crippen molar-refractivity contribution < 1.29 is 14.5 Å². The van der Waals surface area contributed by atoms with Gasteiger partial charge in [0.05, 0.1) is 23.0 Å². The van der Waals surface area contributed by atoms with Crippen molar-refractivity contribution in [3.63, 3.8) is 0 Å². The number of nitrogens with zero attached hydrogens (tertiary/aromatic N) is 2. The molecule has 2 atom stereocenters. The number of fused-ring (bicyclic) bond motifs is 1. The van der Waals surface area contributed by atoms with Crippen LogP contribution in [0.25, 0.3) is 0 Å². The lowest BCUT2D eigenvalue weighted by Crippen LogP contribution is -2.32. The number of hydrogen-bond acceptors (Lipinski definition) is 6. The highest BCUT2D eigenvalue weighted by Crippen LogP contribution is 2.36. The van der Waals surface area contributed by atoms with Crippen molar-refractivity contribution in [3.05, 3.63) is 27.8 Å². The number of likely N-dealkylation sites (tertiary alicyclic amines) is 1. The topological polar surface area (TPSA) is 84.7 Å². The summed E-state index contributed by atoms with van der Waals surface area (Å²) in [6, 6.07) is 2.92. The van der Waals surface area contributed by atoms with Crippen LogP contribution in [0.5, 0.6) is 5.75 Å². The zero-order valence-electron chi connectivity index (χ0n) is 13.1. The van der Waals surface area contributed by atoms with E-state index in [0.29, 0.717) is 30.7 Å². The van der Waals surface area contributed by atoms with Gasteiger partial charge in [-0.15, -0.1) is 11.8 Å². The van der Waals surface area contributed by atoms with Crippen LogP contribution in [-0.2, 0) is 0 Å². The summed E-state index contributed by atoms with van der Waals surface area (Å²) >= 11 is 1.40. The number of nitrogens with one attached hydrogen (secondary N) is 1. The van der Waals surface area contributed by atoms with Crippen LogP contribution in [0.4, 0.5) is 5.69 Å². The Morgan fingerprint density at radius 3 is 2.57 bits per heavy atom. The zero-order chi connectivity index (χ0) is 16.6. The second-order valence-electron chi connectivity index (χ2n) is 5.87. The molecule has 7 nitrogen and oxygen atoms in total. The first-order valence-electron chi connectivity index (χ1n) is 7.45. The maximum absolute atomic E-state index is 12.8. The van der Waals surface area contributed by atoms with Gasteiger partial charge in [0.2, 0.25) is 0 Å². The molecule has 0 spiro atoms. The van der Waals surface area contributed by atoms with Crippen molar-refractivity contribution in [3.8, 4) is 5.75 Å². The molecule has 8 heteroatoms. The molecule has 1 aromatic carbocycles. The number of benzene rings is 1. The number of carbonyl (C=O) groups excluding carboxylic acids is 1. The third-order valence-corrected chi connectivity index (χ3v) is 5.36. The summed E-state index contributed by atoms with van der Waals surface area (Å²) in [6.45, 7) is 3.15. The van der Waals surface area contributed by atoms with Crippen molar-refractivity contribution in [2.24, 2.45) is 11.8 Å². The molecule has 2 heterocycles. The molecule has 0 bridgehead atoms. The van der Waals surface area contributed by atoms with E-state index in [-0.39, 0.29) is 17.2 Å². The SMILES string of the molecule is COc1cc([N+](=O)[O-])c(C(=O)N2C[C@H]3CNC[C@H]3C2)cc1SC. The summed E-state index contributed by atoms with van der Waals surface area (Å²) in [4.78, 5) is 26.1. The third kappa shape index (κ3) is 2.88. The number of nitro groups is 1. The molecule has 2 aliphatic rings. The summed E-state index contributed by atoms with van der Waals surface area (Å²) < 4.78 is 5.19. The largest absolute Gasteiger partial charge is 0.495 e. The Bertz CT molecular complexity index is 640. The van der Waals surface area contributed by atoms with Gasteiger partial charge < -0.3 is 15.0 Å². The number of rotatable bonds is 4. The van der Waals surface area contributed by atoms with E-state index >= 15 is 0 Å². The third-order valence-electron chi connectivity index (χ3n) is 4.61. The molecule has 2 saturated heterocycles. The van der Waals surface area contributed by atoms with Gasteiger partial charge in [0, 0.05) is 26.2 Å². The predicted octanol–water partition coefficient (Wildman–Crippen LogP) is 1.62. The minimum atomic E-state index is -0.516. The number of methoxy groups -OCH3 is 1. The number of amides is 1. The van der Waals surface area contributed by atoms with Gasteiger partial charge in [-0.2, -0.15) is 0 Å². The standard InChI is InChI=1S/C15H19N3O4S/c1-22-13-4-12(18(20)21)11(3-14(13)23-2)15(19)17-7-9-5-16-6-10(9)8-17/h3-4,9-10,16H,5-8H2,1-2H3/t9-,10+. The molecule has 2 aliphatic heterocycles. The molecule has 23 heavy (non-hydrogen) atoms. The second-order valence-corrected chi connectivity index (χ2v) is 6.72. The van der Waals surface area contributed by atoms with Gasteiger partial charge in [0.15, 0.2) is 0 Å². The van der Waals surface area contributed by atoms with Gasteiger partial charge in [0.25, 0.3) is 11.6 Å². The lowest BCUT2D eigenvalue weighted by Gasteiger charge is -2.18. The number of carbonyl (C=O) groups is 1. The van der Waals surface area contributed by atoms with Crippen LogP contribution in [0, 0.1) is 22.0 Å². The molecule has 1 amide bonds. The first-order chi connectivity index (χ1) is 11.0. The lowest BCUT2D eigenvalue weighted by atomic mass is 10.0. The van der Waals surface area contributed by atoms with E-state index in [9.17, 15) is 14.9 Å². The molecule has 1 N–H and O–H groups in total. The van der Waals surface area contributed by atoms with Crippen LogP contribution in [-0.4, -0.2) is 55.3 Å². The Labute approximate surface area is 138 Å². The van der Waals surface area contributed by atoms with E-state index in [2.05, 4.69) is 5.32 Å². The van der Waals surface area contributed by atoms with E-state index in [1.807, 2.05) is 6.26 Å². The van der Waals surface area contributed by atoms with Crippen LogP contribution in [0.3, 0.4) is 0 Å². The molecular weight excluding hydrogens is 318 g/mol. The first kappa shape index (κ1) is 16.1. The van der Waals surface area contributed by atoms with Crippen molar-refractivity contribution in [1.82, 2.24) is 10.2 Å². The summed E-state index contributed by atoms with van der Waals surface area (Å²) in [6.07, 6.45) is 1.85. The van der Waals surface area contributed by atoms with Crippen molar-refractivity contribution in [2.45, 2.75) is 4.90 Å². The molecule has 0 aliphatic carbocycles. The van der Waals surface area contributed by atoms with E-state index in [1.165, 1.54) is 24.9 Å². The number of thioether (sulfide) groups is 1. The molecule has 0 saturated carbocycles. The number of nitro benzene ring substituents is 1. The first-order valence-corrected chi connectivity index (χ1v) is 8.68. The zero-order valence-corrected chi connectivity index (χ0v) is 13.9. The summed E-state index contributed by atoms with van der Waals surface area (Å²) in [5.41, 5.74) is -0.0482.